The van der Waals surface area contributed by atoms with Crippen LogP contribution in [0.3, 0.4) is 0 Å². The first kappa shape index (κ1) is 12.5. The zero-order valence-corrected chi connectivity index (χ0v) is 11.9. The maximum atomic E-state index is 10.1. The number of likely N-dealkylation sites (tertiary alicyclic amines) is 1. The Morgan fingerprint density at radius 3 is 2.60 bits per heavy atom. The number of piperidine rings is 1. The second-order valence-corrected chi connectivity index (χ2v) is 6.77. The molecule has 0 radical (unpaired) electrons. The fourth-order valence-electron chi connectivity index (χ4n) is 4.43. The van der Waals surface area contributed by atoms with E-state index in [1.807, 2.05) is 6.07 Å². The average Bonchev–Trinajstić information content (AvgIpc) is 2.40. The third kappa shape index (κ3) is 1.83. The SMILES string of the molecule is Oc1ccc2c(c1O)C[C@H]1CCCN(C3CCC3)C1C2. The average molecular weight is 273 g/mol. The number of phenols is 2. The Morgan fingerprint density at radius 1 is 1.00 bits per heavy atom. The summed E-state index contributed by atoms with van der Waals surface area (Å²) in [7, 11) is 0. The Bertz CT molecular complexity index is 524. The quantitative estimate of drug-likeness (QED) is 0.773. The van der Waals surface area contributed by atoms with E-state index in [4.69, 9.17) is 0 Å². The Balaban J connectivity index is 1.65. The van der Waals surface area contributed by atoms with Crippen LogP contribution >= 0.6 is 0 Å². The van der Waals surface area contributed by atoms with Gasteiger partial charge in [-0.1, -0.05) is 12.5 Å². The molecule has 2 fully saturated rings. The lowest BCUT2D eigenvalue weighted by Crippen LogP contribution is -2.55. The van der Waals surface area contributed by atoms with Crippen LogP contribution in [0, 0.1) is 5.92 Å². The van der Waals surface area contributed by atoms with Crippen molar-refractivity contribution in [2.24, 2.45) is 5.92 Å². The van der Waals surface area contributed by atoms with E-state index in [9.17, 15) is 10.2 Å². The van der Waals surface area contributed by atoms with Gasteiger partial charge in [0.25, 0.3) is 0 Å². The van der Waals surface area contributed by atoms with Gasteiger partial charge in [0.1, 0.15) is 0 Å². The van der Waals surface area contributed by atoms with E-state index >= 15 is 0 Å². The van der Waals surface area contributed by atoms with Gasteiger partial charge in [0, 0.05) is 17.6 Å². The predicted molar refractivity (Wildman–Crippen MR) is 78.0 cm³/mol. The summed E-state index contributed by atoms with van der Waals surface area (Å²) < 4.78 is 0. The summed E-state index contributed by atoms with van der Waals surface area (Å²) in [5.41, 5.74) is 2.24. The van der Waals surface area contributed by atoms with E-state index < -0.39 is 0 Å². The number of phenolic OH excluding ortho intramolecular Hbond substituents is 2. The third-order valence-corrected chi connectivity index (χ3v) is 5.76. The molecular weight excluding hydrogens is 250 g/mol. The summed E-state index contributed by atoms with van der Waals surface area (Å²) in [6.45, 7) is 1.26. The Morgan fingerprint density at radius 2 is 1.85 bits per heavy atom. The lowest BCUT2D eigenvalue weighted by molar-refractivity contribution is 0.0137. The molecule has 1 aromatic rings. The highest BCUT2D eigenvalue weighted by molar-refractivity contribution is 5.50. The molecule has 1 saturated heterocycles. The van der Waals surface area contributed by atoms with Gasteiger partial charge in [-0.2, -0.15) is 0 Å². The highest BCUT2D eigenvalue weighted by Gasteiger charge is 2.40. The van der Waals surface area contributed by atoms with Crippen LogP contribution in [-0.4, -0.2) is 33.7 Å². The lowest BCUT2D eigenvalue weighted by Gasteiger charge is -2.50. The maximum Gasteiger partial charge on any atom is 0.160 e. The summed E-state index contributed by atoms with van der Waals surface area (Å²) in [4.78, 5) is 2.75. The van der Waals surface area contributed by atoms with E-state index in [1.165, 1.54) is 44.2 Å². The largest absolute Gasteiger partial charge is 0.504 e. The summed E-state index contributed by atoms with van der Waals surface area (Å²) in [6.07, 6.45) is 8.67. The maximum absolute atomic E-state index is 10.1. The Labute approximate surface area is 120 Å². The van der Waals surface area contributed by atoms with Crippen molar-refractivity contribution in [1.82, 2.24) is 4.90 Å². The number of nitrogens with zero attached hydrogens (tertiary/aromatic N) is 1. The molecule has 1 saturated carbocycles. The molecule has 2 N–H and O–H groups in total. The summed E-state index contributed by atoms with van der Waals surface area (Å²) >= 11 is 0. The van der Waals surface area contributed by atoms with Crippen molar-refractivity contribution in [1.29, 1.82) is 0 Å². The van der Waals surface area contributed by atoms with Gasteiger partial charge >= 0.3 is 0 Å². The van der Waals surface area contributed by atoms with Crippen molar-refractivity contribution < 1.29 is 10.2 Å². The topological polar surface area (TPSA) is 43.7 Å². The smallest absolute Gasteiger partial charge is 0.160 e. The van der Waals surface area contributed by atoms with Crippen molar-refractivity contribution in [3.63, 3.8) is 0 Å². The van der Waals surface area contributed by atoms with Crippen molar-refractivity contribution in [3.05, 3.63) is 23.3 Å². The van der Waals surface area contributed by atoms with Gasteiger partial charge in [-0.05, 0) is 62.6 Å². The van der Waals surface area contributed by atoms with E-state index in [-0.39, 0.29) is 11.5 Å². The third-order valence-electron chi connectivity index (χ3n) is 5.76. The highest BCUT2D eigenvalue weighted by Crippen LogP contribution is 2.43. The molecule has 20 heavy (non-hydrogen) atoms. The standard InChI is InChI=1S/C17H23NO2/c19-16-7-6-11-10-15-12(9-14(11)17(16)20)3-2-8-18(15)13-4-1-5-13/h6-7,12-13,15,19-20H,1-5,8-10H2/t12-,15?/m1/s1. The number of benzene rings is 1. The van der Waals surface area contributed by atoms with E-state index in [1.54, 1.807) is 6.07 Å². The van der Waals surface area contributed by atoms with Gasteiger partial charge in [-0.3, -0.25) is 4.90 Å². The number of hydrogen-bond donors (Lipinski definition) is 2. The summed E-state index contributed by atoms with van der Waals surface area (Å²) in [5.74, 6) is 0.820. The molecule has 1 aromatic carbocycles. The minimum Gasteiger partial charge on any atom is -0.504 e. The first-order chi connectivity index (χ1) is 9.74. The van der Waals surface area contributed by atoms with E-state index in [0.29, 0.717) is 12.0 Å². The van der Waals surface area contributed by atoms with Gasteiger partial charge in [0.15, 0.2) is 11.5 Å². The van der Waals surface area contributed by atoms with Crippen molar-refractivity contribution >= 4 is 0 Å². The zero-order chi connectivity index (χ0) is 13.7. The molecular formula is C17H23NO2. The normalized spacial score (nSPS) is 30.4. The second-order valence-electron chi connectivity index (χ2n) is 6.77. The number of fused-ring (bicyclic) bond motifs is 2. The summed E-state index contributed by atoms with van der Waals surface area (Å²) in [6, 6.07) is 5.12. The minimum atomic E-state index is 0.0360. The molecule has 1 unspecified atom stereocenters. The number of hydrogen-bond acceptors (Lipinski definition) is 3. The van der Waals surface area contributed by atoms with Gasteiger partial charge in [-0.15, -0.1) is 0 Å². The molecule has 0 bridgehead atoms. The fourth-order valence-corrected chi connectivity index (χ4v) is 4.43. The Kier molecular flexibility index (Phi) is 2.92. The van der Waals surface area contributed by atoms with Gasteiger partial charge in [0.2, 0.25) is 0 Å². The summed E-state index contributed by atoms with van der Waals surface area (Å²) in [5, 5.41) is 19.8. The van der Waals surface area contributed by atoms with Gasteiger partial charge < -0.3 is 10.2 Å². The second kappa shape index (κ2) is 4.66. The van der Waals surface area contributed by atoms with E-state index in [2.05, 4.69) is 4.90 Å². The molecule has 3 aliphatic rings. The zero-order valence-electron chi connectivity index (χ0n) is 11.9. The molecule has 3 nitrogen and oxygen atoms in total. The van der Waals surface area contributed by atoms with Crippen LogP contribution < -0.4 is 0 Å². The first-order valence-corrected chi connectivity index (χ1v) is 8.02. The molecule has 0 aromatic heterocycles. The Hall–Kier alpha value is -1.22. The van der Waals surface area contributed by atoms with Crippen LogP contribution in [0.4, 0.5) is 0 Å². The van der Waals surface area contributed by atoms with Crippen molar-refractivity contribution in [3.8, 4) is 11.5 Å². The monoisotopic (exact) mass is 273 g/mol. The van der Waals surface area contributed by atoms with Gasteiger partial charge in [0.05, 0.1) is 0 Å². The van der Waals surface area contributed by atoms with Crippen LogP contribution in [0.2, 0.25) is 0 Å². The molecule has 4 rings (SSSR count). The van der Waals surface area contributed by atoms with Crippen LogP contribution in [0.25, 0.3) is 0 Å². The van der Waals surface area contributed by atoms with Gasteiger partial charge in [-0.25, -0.2) is 0 Å². The first-order valence-electron chi connectivity index (χ1n) is 8.02. The van der Waals surface area contributed by atoms with E-state index in [0.717, 1.165) is 24.4 Å². The molecule has 108 valence electrons. The minimum absolute atomic E-state index is 0.0360. The van der Waals surface area contributed by atoms with Crippen LogP contribution in [0.1, 0.15) is 43.2 Å². The number of rotatable bonds is 1. The molecule has 3 heteroatoms. The van der Waals surface area contributed by atoms with Crippen LogP contribution in [0.5, 0.6) is 11.5 Å². The van der Waals surface area contributed by atoms with Crippen molar-refractivity contribution in [2.45, 2.75) is 57.0 Å². The lowest BCUT2D eigenvalue weighted by atomic mass is 9.73. The fraction of sp³-hybridized carbons (Fsp3) is 0.647. The molecule has 2 aliphatic carbocycles. The van der Waals surface area contributed by atoms with Crippen LogP contribution in [0.15, 0.2) is 12.1 Å². The molecule has 1 heterocycles. The van der Waals surface area contributed by atoms with Crippen LogP contribution in [-0.2, 0) is 12.8 Å². The molecule has 0 amide bonds. The molecule has 2 atom stereocenters. The number of aromatic hydroxyl groups is 2. The highest BCUT2D eigenvalue weighted by atomic mass is 16.3. The molecule has 0 spiro atoms. The molecule has 1 aliphatic heterocycles. The predicted octanol–water partition coefficient (Wildman–Crippen LogP) is 2.83. The van der Waals surface area contributed by atoms with Crippen molar-refractivity contribution in [2.75, 3.05) is 6.54 Å².